The summed E-state index contributed by atoms with van der Waals surface area (Å²) in [7, 11) is -1.68. The maximum Gasteiger partial charge on any atom is 0.589 e. The second-order valence-corrected chi connectivity index (χ2v) is 12.8. The summed E-state index contributed by atoms with van der Waals surface area (Å²) in [5.41, 5.74) is -2.57. The lowest BCUT2D eigenvalue weighted by molar-refractivity contribution is -0.196. The number of hydrogen-bond donors (Lipinski definition) is 1. The Labute approximate surface area is 233 Å². The summed E-state index contributed by atoms with van der Waals surface area (Å²) in [6.07, 6.45) is 21.7. The predicted molar refractivity (Wildman–Crippen MR) is 157 cm³/mol. The maximum absolute atomic E-state index is 12.9. The van der Waals surface area contributed by atoms with E-state index in [0.29, 0.717) is 6.42 Å². The fourth-order valence-electron chi connectivity index (χ4n) is 4.26. The van der Waals surface area contributed by atoms with Gasteiger partial charge in [0.2, 0.25) is 0 Å². The minimum Gasteiger partial charge on any atom is -0.461 e. The maximum atomic E-state index is 12.9. The Morgan fingerprint density at radius 2 is 1.30 bits per heavy atom. The number of unbranched alkanes of at least 4 members (excludes halogenated alkanes) is 14. The monoisotopic (exact) mass is 565 g/mol. The largest absolute Gasteiger partial charge is 0.589 e. The van der Waals surface area contributed by atoms with Crippen molar-refractivity contribution in [1.82, 2.24) is 0 Å². The van der Waals surface area contributed by atoms with Crippen LogP contribution in [-0.4, -0.2) is 47.4 Å². The molecule has 0 aliphatic carbocycles. The van der Waals surface area contributed by atoms with Gasteiger partial charge in [0.1, 0.15) is 6.10 Å². The third kappa shape index (κ3) is 17.9. The van der Waals surface area contributed by atoms with E-state index in [2.05, 4.69) is 18.6 Å². The van der Waals surface area contributed by atoms with E-state index >= 15 is 0 Å². The van der Waals surface area contributed by atoms with Crippen molar-refractivity contribution in [1.29, 1.82) is 0 Å². The molecule has 220 valence electrons. The molecule has 1 N–H and O–H groups in total. The molecule has 4 atom stereocenters. The van der Waals surface area contributed by atoms with E-state index in [0.717, 1.165) is 32.1 Å². The second kappa shape index (κ2) is 24.8. The van der Waals surface area contributed by atoms with Gasteiger partial charge in [-0.15, -0.1) is 4.52 Å². The van der Waals surface area contributed by atoms with Crippen molar-refractivity contribution in [3.8, 4) is 0 Å². The molecule has 6 nitrogen and oxygen atoms in total. The molecule has 0 fully saturated rings. The van der Waals surface area contributed by atoms with Crippen LogP contribution in [0.2, 0.25) is 0 Å². The van der Waals surface area contributed by atoms with Gasteiger partial charge in [0.05, 0.1) is 13.7 Å². The molecule has 0 heterocycles. The standard InChI is InChI=1S/C29H58O6PS/c1-6-9-11-13-14-15-16-17-18-20-22-25-37-27(23-21-19-12-10-7-2)26(4)35-36(32)29(31,28(30)33-5)34-24-8-3/h26-27,31H,6-25H2,1-5H3/q+1. The summed E-state index contributed by atoms with van der Waals surface area (Å²) < 4.78 is 28.5. The minimum atomic E-state index is -2.82. The summed E-state index contributed by atoms with van der Waals surface area (Å²) in [5, 5.41) is 10.8. The van der Waals surface area contributed by atoms with Crippen LogP contribution in [-0.2, 0) is 23.4 Å². The summed E-state index contributed by atoms with van der Waals surface area (Å²) in [6.45, 7) is 8.28. The SMILES string of the molecule is CCCCCCCCCCCCCSC(CCCCCCC)C(C)O[P+](=O)C(O)(OCCC)C(=O)OC. The quantitative estimate of drug-likeness (QED) is 0.0460. The first-order valence-electron chi connectivity index (χ1n) is 15.1. The first-order chi connectivity index (χ1) is 17.9. The van der Waals surface area contributed by atoms with E-state index in [1.807, 2.05) is 25.6 Å². The van der Waals surface area contributed by atoms with Crippen LogP contribution in [0.4, 0.5) is 0 Å². The van der Waals surface area contributed by atoms with Crippen LogP contribution in [0, 0.1) is 0 Å². The Morgan fingerprint density at radius 1 is 0.811 bits per heavy atom. The highest BCUT2D eigenvalue weighted by Gasteiger charge is 2.62. The van der Waals surface area contributed by atoms with Gasteiger partial charge in [-0.25, -0.2) is 4.79 Å². The predicted octanol–water partition coefficient (Wildman–Crippen LogP) is 9.15. The molecular formula is C29H58O6PS+. The summed E-state index contributed by atoms with van der Waals surface area (Å²) in [4.78, 5) is 12.1. The van der Waals surface area contributed by atoms with Gasteiger partial charge < -0.3 is 9.84 Å². The van der Waals surface area contributed by atoms with Crippen molar-refractivity contribution in [3.05, 3.63) is 0 Å². The van der Waals surface area contributed by atoms with E-state index in [1.54, 1.807) is 0 Å². The van der Waals surface area contributed by atoms with Crippen LogP contribution in [0.25, 0.3) is 0 Å². The van der Waals surface area contributed by atoms with Crippen molar-refractivity contribution in [2.24, 2.45) is 0 Å². The van der Waals surface area contributed by atoms with Crippen molar-refractivity contribution in [2.45, 2.75) is 160 Å². The Kier molecular flexibility index (Phi) is 24.7. The lowest BCUT2D eigenvalue weighted by atomic mass is 10.1. The molecule has 8 heteroatoms. The molecule has 0 bridgehead atoms. The van der Waals surface area contributed by atoms with Gasteiger partial charge in [-0.3, -0.25) is 4.74 Å². The van der Waals surface area contributed by atoms with Crippen LogP contribution in [0.15, 0.2) is 0 Å². The molecule has 0 aliphatic heterocycles. The third-order valence-corrected chi connectivity index (χ3v) is 9.57. The Bertz CT molecular complexity index is 565. The number of thioether (sulfide) groups is 1. The van der Waals surface area contributed by atoms with Crippen molar-refractivity contribution in [2.75, 3.05) is 19.5 Å². The summed E-state index contributed by atoms with van der Waals surface area (Å²) in [6, 6.07) is 0. The normalized spacial score (nSPS) is 15.2. The zero-order valence-electron chi connectivity index (χ0n) is 24.6. The molecule has 0 aromatic heterocycles. The molecule has 0 radical (unpaired) electrons. The van der Waals surface area contributed by atoms with Gasteiger partial charge in [0.25, 0.3) is 0 Å². The molecular weight excluding hydrogens is 507 g/mol. The number of carbonyl (C=O) groups is 1. The topological polar surface area (TPSA) is 82.1 Å². The van der Waals surface area contributed by atoms with E-state index in [-0.39, 0.29) is 18.0 Å². The number of rotatable bonds is 27. The molecule has 0 spiro atoms. The molecule has 37 heavy (non-hydrogen) atoms. The van der Waals surface area contributed by atoms with Crippen LogP contribution >= 0.6 is 19.8 Å². The lowest BCUT2D eigenvalue weighted by Crippen LogP contribution is -2.40. The van der Waals surface area contributed by atoms with E-state index < -0.39 is 19.5 Å². The minimum absolute atomic E-state index is 0.0822. The van der Waals surface area contributed by atoms with Crippen molar-refractivity contribution >= 4 is 25.8 Å². The highest BCUT2D eigenvalue weighted by molar-refractivity contribution is 7.99. The van der Waals surface area contributed by atoms with E-state index in [4.69, 9.17) is 9.26 Å². The zero-order chi connectivity index (χ0) is 27.8. The fraction of sp³-hybridized carbons (Fsp3) is 0.966. The molecule has 0 aliphatic rings. The first kappa shape index (κ1) is 36.8. The van der Waals surface area contributed by atoms with Gasteiger partial charge in [0, 0.05) is 5.25 Å². The van der Waals surface area contributed by atoms with E-state index in [9.17, 15) is 14.5 Å². The highest BCUT2D eigenvalue weighted by Crippen LogP contribution is 2.43. The summed E-state index contributed by atoms with van der Waals surface area (Å²) >= 11 is 1.87. The number of aliphatic hydroxyl groups is 1. The molecule has 4 unspecified atom stereocenters. The van der Waals surface area contributed by atoms with E-state index in [1.165, 1.54) is 89.9 Å². The van der Waals surface area contributed by atoms with Crippen molar-refractivity contribution in [3.63, 3.8) is 0 Å². The molecule has 0 rings (SSSR count). The van der Waals surface area contributed by atoms with Crippen LogP contribution in [0.3, 0.4) is 0 Å². The van der Waals surface area contributed by atoms with Crippen molar-refractivity contribution < 1.29 is 28.5 Å². The number of esters is 1. The number of carbonyl (C=O) groups excluding carboxylic acids is 1. The van der Waals surface area contributed by atoms with Gasteiger partial charge in [-0.1, -0.05) is 117 Å². The molecule has 0 aromatic carbocycles. The third-order valence-electron chi connectivity index (χ3n) is 6.66. The van der Waals surface area contributed by atoms with Crippen LogP contribution in [0.1, 0.15) is 143 Å². The number of hydrogen-bond acceptors (Lipinski definition) is 7. The molecule has 0 aromatic rings. The van der Waals surface area contributed by atoms with Gasteiger partial charge in [0.15, 0.2) is 0 Å². The van der Waals surface area contributed by atoms with Crippen LogP contribution < -0.4 is 0 Å². The lowest BCUT2D eigenvalue weighted by Gasteiger charge is -2.21. The molecule has 0 saturated heterocycles. The fourth-order valence-corrected chi connectivity index (χ4v) is 6.70. The smallest absolute Gasteiger partial charge is 0.461 e. The highest BCUT2D eigenvalue weighted by atomic mass is 32.2. The number of methoxy groups -OCH3 is 1. The Balaban J connectivity index is 4.61. The second-order valence-electron chi connectivity index (χ2n) is 10.2. The number of ether oxygens (including phenoxy) is 2. The molecule has 0 saturated carbocycles. The van der Waals surface area contributed by atoms with Gasteiger partial charge >= 0.3 is 19.5 Å². The summed E-state index contributed by atoms with van der Waals surface area (Å²) in [5.74, 6) is -0.0478. The Morgan fingerprint density at radius 3 is 1.78 bits per heavy atom. The zero-order valence-corrected chi connectivity index (χ0v) is 26.4. The first-order valence-corrected chi connectivity index (χ1v) is 17.3. The van der Waals surface area contributed by atoms with Crippen LogP contribution in [0.5, 0.6) is 0 Å². The van der Waals surface area contributed by atoms with Gasteiger partial charge in [-0.05, 0) is 36.5 Å². The average molecular weight is 566 g/mol. The average Bonchev–Trinajstić information content (AvgIpc) is 2.90. The molecule has 0 amide bonds. The van der Waals surface area contributed by atoms with Gasteiger partial charge in [-0.2, -0.15) is 11.8 Å². The Hall–Kier alpha value is -0.200.